The number of benzene rings is 1. The van der Waals surface area contributed by atoms with Gasteiger partial charge in [-0.15, -0.1) is 0 Å². The lowest BCUT2D eigenvalue weighted by Crippen LogP contribution is -2.25. The van der Waals surface area contributed by atoms with Crippen LogP contribution in [0.15, 0.2) is 12.1 Å². The van der Waals surface area contributed by atoms with Crippen LogP contribution in [0.4, 0.5) is 0 Å². The Kier molecular flexibility index (Phi) is 5.87. The highest BCUT2D eigenvalue weighted by atomic mass is 16.3. The van der Waals surface area contributed by atoms with Gasteiger partial charge < -0.3 is 15.3 Å². The molecule has 3 N–H and O–H groups in total. The number of rotatable bonds is 5. The average Bonchev–Trinajstić information content (AvgIpc) is 2.47. The number of phenols is 1. The van der Waals surface area contributed by atoms with Gasteiger partial charge in [0.05, 0.1) is 12.2 Å². The summed E-state index contributed by atoms with van der Waals surface area (Å²) in [7, 11) is 0. The third-order valence-corrected chi connectivity index (χ3v) is 5.06. The van der Waals surface area contributed by atoms with E-state index in [0.717, 1.165) is 29.5 Å². The van der Waals surface area contributed by atoms with Crippen LogP contribution in [-0.2, 0) is 0 Å². The van der Waals surface area contributed by atoms with Crippen LogP contribution in [0, 0.1) is 12.8 Å². The lowest BCUT2D eigenvalue weighted by atomic mass is 9.82. The number of aromatic hydroxyl groups is 1. The van der Waals surface area contributed by atoms with E-state index >= 15 is 0 Å². The summed E-state index contributed by atoms with van der Waals surface area (Å²) in [5.74, 6) is 0.816. The summed E-state index contributed by atoms with van der Waals surface area (Å²) in [6, 6.07) is 3.62. The van der Waals surface area contributed by atoms with Crippen molar-refractivity contribution in [2.24, 2.45) is 5.92 Å². The molecule has 0 heterocycles. The summed E-state index contributed by atoms with van der Waals surface area (Å²) >= 11 is 0. The van der Waals surface area contributed by atoms with Crippen molar-refractivity contribution in [3.8, 4) is 5.75 Å². The predicted octanol–water partition coefficient (Wildman–Crippen LogP) is 4.19. The number of hydrogen-bond donors (Lipinski definition) is 3. The van der Waals surface area contributed by atoms with E-state index in [9.17, 15) is 15.3 Å². The van der Waals surface area contributed by atoms with E-state index in [2.05, 4.69) is 0 Å². The van der Waals surface area contributed by atoms with Gasteiger partial charge >= 0.3 is 0 Å². The maximum Gasteiger partial charge on any atom is 0.119 e. The first kappa shape index (κ1) is 17.3. The first-order valence-corrected chi connectivity index (χ1v) is 8.59. The summed E-state index contributed by atoms with van der Waals surface area (Å²) in [4.78, 5) is 0. The average molecular weight is 306 g/mol. The molecule has 124 valence electrons. The van der Waals surface area contributed by atoms with Gasteiger partial charge in [0.25, 0.3) is 0 Å². The predicted molar refractivity (Wildman–Crippen MR) is 89.1 cm³/mol. The zero-order chi connectivity index (χ0) is 16.3. The van der Waals surface area contributed by atoms with Gasteiger partial charge in [-0.25, -0.2) is 0 Å². The molecule has 1 fully saturated rings. The molecule has 1 aliphatic carbocycles. The highest BCUT2D eigenvalue weighted by molar-refractivity contribution is 5.43. The molecule has 0 radical (unpaired) electrons. The van der Waals surface area contributed by atoms with Gasteiger partial charge in [0.2, 0.25) is 0 Å². The van der Waals surface area contributed by atoms with Gasteiger partial charge in [-0.05, 0) is 60.4 Å². The molecule has 2 rings (SSSR count). The maximum absolute atomic E-state index is 10.6. The van der Waals surface area contributed by atoms with Crippen LogP contribution in [0.2, 0.25) is 0 Å². The van der Waals surface area contributed by atoms with Gasteiger partial charge in [-0.1, -0.05) is 33.1 Å². The lowest BCUT2D eigenvalue weighted by Gasteiger charge is -2.28. The smallest absolute Gasteiger partial charge is 0.119 e. The molecule has 2 unspecified atom stereocenters. The molecule has 3 heteroatoms. The van der Waals surface area contributed by atoms with Crippen LogP contribution < -0.4 is 0 Å². The van der Waals surface area contributed by atoms with Crippen LogP contribution in [-0.4, -0.2) is 21.4 Å². The summed E-state index contributed by atoms with van der Waals surface area (Å²) in [6.45, 7) is 5.95. The third kappa shape index (κ3) is 4.02. The summed E-state index contributed by atoms with van der Waals surface area (Å²) in [5.41, 5.74) is 2.56. The van der Waals surface area contributed by atoms with Crippen molar-refractivity contribution >= 4 is 0 Å². The minimum absolute atomic E-state index is 0.204. The second-order valence-corrected chi connectivity index (χ2v) is 7.14. The van der Waals surface area contributed by atoms with Crippen LogP contribution in [0.25, 0.3) is 0 Å². The molecule has 0 amide bonds. The van der Waals surface area contributed by atoms with E-state index in [1.807, 2.05) is 26.8 Å². The van der Waals surface area contributed by atoms with Crippen LogP contribution in [0.5, 0.6) is 5.75 Å². The molecule has 1 aromatic carbocycles. The molecule has 1 aromatic rings. The van der Waals surface area contributed by atoms with Crippen molar-refractivity contribution in [1.82, 2.24) is 0 Å². The molecule has 0 saturated heterocycles. The van der Waals surface area contributed by atoms with Crippen molar-refractivity contribution in [2.45, 2.75) is 77.4 Å². The Bertz CT molecular complexity index is 490. The standard InChI is InChI=1S/C19H30O3/c1-12(2)15-10-16(13(3)9-18(15)21)19(22)11-17(20)14-7-5-4-6-8-14/h9-10,12,14,17,19-22H,4-8,11H2,1-3H3. The fourth-order valence-corrected chi connectivity index (χ4v) is 3.62. The van der Waals surface area contributed by atoms with Crippen molar-refractivity contribution in [3.63, 3.8) is 0 Å². The zero-order valence-corrected chi connectivity index (χ0v) is 14.0. The first-order valence-electron chi connectivity index (χ1n) is 8.59. The van der Waals surface area contributed by atoms with Crippen molar-refractivity contribution in [3.05, 3.63) is 28.8 Å². The molecule has 2 atom stereocenters. The summed E-state index contributed by atoms with van der Waals surface area (Å²) in [6.07, 6.45) is 5.05. The Hall–Kier alpha value is -1.06. The minimum atomic E-state index is -0.671. The number of aryl methyl sites for hydroxylation is 1. The molecule has 0 aliphatic heterocycles. The zero-order valence-electron chi connectivity index (χ0n) is 14.0. The molecule has 3 nitrogen and oxygen atoms in total. The fourth-order valence-electron chi connectivity index (χ4n) is 3.62. The highest BCUT2D eigenvalue weighted by Crippen LogP contribution is 2.35. The number of phenolic OH excluding ortho intramolecular Hbond substituents is 1. The van der Waals surface area contributed by atoms with E-state index in [1.54, 1.807) is 6.07 Å². The fraction of sp³-hybridized carbons (Fsp3) is 0.684. The van der Waals surface area contributed by atoms with E-state index < -0.39 is 12.2 Å². The van der Waals surface area contributed by atoms with E-state index in [-0.39, 0.29) is 11.7 Å². The van der Waals surface area contributed by atoms with E-state index in [0.29, 0.717) is 12.3 Å². The van der Waals surface area contributed by atoms with Gasteiger partial charge in [0.1, 0.15) is 5.75 Å². The third-order valence-electron chi connectivity index (χ3n) is 5.06. The molecular weight excluding hydrogens is 276 g/mol. The SMILES string of the molecule is Cc1cc(O)c(C(C)C)cc1C(O)CC(O)C1CCCCC1. The molecular formula is C19H30O3. The van der Waals surface area contributed by atoms with Crippen LogP contribution in [0.3, 0.4) is 0 Å². The van der Waals surface area contributed by atoms with E-state index in [4.69, 9.17) is 0 Å². The molecule has 0 aromatic heterocycles. The second-order valence-electron chi connectivity index (χ2n) is 7.14. The van der Waals surface area contributed by atoms with Crippen LogP contribution in [0.1, 0.15) is 81.1 Å². The maximum atomic E-state index is 10.6. The number of hydrogen-bond acceptors (Lipinski definition) is 3. The number of aliphatic hydroxyl groups is 2. The van der Waals surface area contributed by atoms with Gasteiger partial charge in [0.15, 0.2) is 0 Å². The highest BCUT2D eigenvalue weighted by Gasteiger charge is 2.25. The Morgan fingerprint density at radius 3 is 2.27 bits per heavy atom. The Morgan fingerprint density at radius 1 is 1.05 bits per heavy atom. The minimum Gasteiger partial charge on any atom is -0.508 e. The molecule has 1 saturated carbocycles. The van der Waals surface area contributed by atoms with Crippen molar-refractivity contribution in [2.75, 3.05) is 0 Å². The lowest BCUT2D eigenvalue weighted by molar-refractivity contribution is 0.0302. The van der Waals surface area contributed by atoms with Gasteiger partial charge in [-0.2, -0.15) is 0 Å². The van der Waals surface area contributed by atoms with Crippen molar-refractivity contribution < 1.29 is 15.3 Å². The number of aliphatic hydroxyl groups excluding tert-OH is 2. The monoisotopic (exact) mass is 306 g/mol. The summed E-state index contributed by atoms with van der Waals surface area (Å²) in [5, 5.41) is 31.0. The molecule has 22 heavy (non-hydrogen) atoms. The topological polar surface area (TPSA) is 60.7 Å². The quantitative estimate of drug-likeness (QED) is 0.764. The molecule has 0 bridgehead atoms. The first-order chi connectivity index (χ1) is 10.4. The summed E-state index contributed by atoms with van der Waals surface area (Å²) < 4.78 is 0. The normalized spacial score (nSPS) is 19.4. The van der Waals surface area contributed by atoms with Gasteiger partial charge in [0, 0.05) is 6.42 Å². The largest absolute Gasteiger partial charge is 0.508 e. The van der Waals surface area contributed by atoms with Gasteiger partial charge in [-0.3, -0.25) is 0 Å². The van der Waals surface area contributed by atoms with Crippen molar-refractivity contribution in [1.29, 1.82) is 0 Å². The van der Waals surface area contributed by atoms with Crippen LogP contribution >= 0.6 is 0 Å². The van der Waals surface area contributed by atoms with E-state index in [1.165, 1.54) is 19.3 Å². The second kappa shape index (κ2) is 7.47. The molecule has 1 aliphatic rings. The Morgan fingerprint density at radius 2 is 1.68 bits per heavy atom. The molecule has 0 spiro atoms. The Balaban J connectivity index is 2.11. The Labute approximate surface area is 134 Å².